The predicted octanol–water partition coefficient (Wildman–Crippen LogP) is 4.15. The van der Waals surface area contributed by atoms with Gasteiger partial charge in [-0.1, -0.05) is 6.07 Å². The highest BCUT2D eigenvalue weighted by molar-refractivity contribution is 7.09. The van der Waals surface area contributed by atoms with Gasteiger partial charge in [0.1, 0.15) is 10.8 Å². The molecule has 0 spiro atoms. The second-order valence-electron chi connectivity index (χ2n) is 4.59. The molecule has 5 heteroatoms. The average molecular weight is 292 g/mol. The average Bonchev–Trinajstić information content (AvgIpc) is 2.98. The summed E-state index contributed by atoms with van der Waals surface area (Å²) in [5.41, 5.74) is 3.34. The van der Waals surface area contributed by atoms with Crippen LogP contribution in [0, 0.1) is 6.92 Å². The van der Waals surface area contributed by atoms with Crippen molar-refractivity contribution in [2.75, 3.05) is 0 Å². The Kier molecular flexibility index (Phi) is 3.29. The van der Waals surface area contributed by atoms with Crippen molar-refractivity contribution < 1.29 is 0 Å². The summed E-state index contributed by atoms with van der Waals surface area (Å²) in [6, 6.07) is 6.27. The largest absolute Gasteiger partial charge is 0.320 e. The van der Waals surface area contributed by atoms with Gasteiger partial charge in [0, 0.05) is 11.6 Å². The van der Waals surface area contributed by atoms with Crippen molar-refractivity contribution in [3.63, 3.8) is 0 Å². The molecule has 19 heavy (non-hydrogen) atoms. The summed E-state index contributed by atoms with van der Waals surface area (Å²) in [4.78, 5) is 8.99. The van der Waals surface area contributed by atoms with Gasteiger partial charge in [0.05, 0.1) is 23.0 Å². The van der Waals surface area contributed by atoms with Gasteiger partial charge in [-0.05, 0) is 31.5 Å². The van der Waals surface area contributed by atoms with Crippen molar-refractivity contribution in [2.24, 2.45) is 0 Å². The number of aromatic nitrogens is 3. The van der Waals surface area contributed by atoms with Crippen molar-refractivity contribution in [2.45, 2.75) is 25.8 Å². The summed E-state index contributed by atoms with van der Waals surface area (Å²) in [5, 5.41) is 2.94. The Labute approximate surface area is 120 Å². The van der Waals surface area contributed by atoms with Crippen LogP contribution in [0.4, 0.5) is 0 Å². The number of thiazole rings is 1. The van der Waals surface area contributed by atoms with Crippen molar-refractivity contribution in [1.82, 2.24) is 14.5 Å². The molecule has 3 rings (SSSR count). The van der Waals surface area contributed by atoms with E-state index in [2.05, 4.69) is 33.6 Å². The van der Waals surface area contributed by atoms with Crippen molar-refractivity contribution >= 4 is 34.0 Å². The molecule has 0 saturated heterocycles. The van der Waals surface area contributed by atoms with Gasteiger partial charge in [0.25, 0.3) is 0 Å². The number of imidazole rings is 1. The zero-order valence-corrected chi connectivity index (χ0v) is 12.4. The summed E-state index contributed by atoms with van der Waals surface area (Å²) >= 11 is 7.91. The Morgan fingerprint density at radius 2 is 2.26 bits per heavy atom. The minimum absolute atomic E-state index is 0.118. The summed E-state index contributed by atoms with van der Waals surface area (Å²) < 4.78 is 2.17. The van der Waals surface area contributed by atoms with Crippen LogP contribution >= 0.6 is 22.9 Å². The number of fused-ring (bicyclic) bond motifs is 1. The minimum atomic E-state index is -0.118. The number of alkyl halides is 1. The molecule has 0 radical (unpaired) electrons. The topological polar surface area (TPSA) is 30.7 Å². The molecule has 0 aliphatic heterocycles. The molecule has 0 fully saturated rings. The molecule has 0 aliphatic carbocycles. The lowest BCUT2D eigenvalue weighted by atomic mass is 10.2. The quantitative estimate of drug-likeness (QED) is 0.679. The number of halogens is 1. The Morgan fingerprint density at radius 1 is 1.42 bits per heavy atom. The van der Waals surface area contributed by atoms with Crippen LogP contribution in [0.15, 0.2) is 29.8 Å². The molecule has 0 N–H and O–H groups in total. The maximum Gasteiger partial charge on any atom is 0.128 e. The first-order valence-corrected chi connectivity index (χ1v) is 7.46. The van der Waals surface area contributed by atoms with E-state index in [0.29, 0.717) is 0 Å². The fraction of sp³-hybridized carbons (Fsp3) is 0.286. The van der Waals surface area contributed by atoms with Gasteiger partial charge in [0.2, 0.25) is 0 Å². The molecule has 0 aliphatic rings. The number of aryl methyl sites for hydroxylation is 1. The number of rotatable bonds is 3. The molecule has 0 amide bonds. The molecule has 2 heterocycles. The first-order valence-electron chi connectivity index (χ1n) is 6.14. The molecule has 1 unspecified atom stereocenters. The smallest absolute Gasteiger partial charge is 0.128 e. The first-order chi connectivity index (χ1) is 9.15. The second kappa shape index (κ2) is 4.94. The molecule has 0 saturated carbocycles. The van der Waals surface area contributed by atoms with E-state index in [1.165, 1.54) is 5.56 Å². The third-order valence-electron chi connectivity index (χ3n) is 3.07. The molecular formula is C14H14ClN3S. The molecular weight excluding hydrogens is 278 g/mol. The number of hydrogen-bond acceptors (Lipinski definition) is 3. The predicted molar refractivity (Wildman–Crippen MR) is 80.0 cm³/mol. The van der Waals surface area contributed by atoms with Crippen LogP contribution in [0.3, 0.4) is 0 Å². The zero-order chi connectivity index (χ0) is 13.4. The van der Waals surface area contributed by atoms with Crippen LogP contribution in [0.25, 0.3) is 11.0 Å². The SMILES string of the molecule is Cc1ccc2nc(C(C)Cl)n(Cc3nccs3)c2c1. The summed E-state index contributed by atoms with van der Waals surface area (Å²) in [5.74, 6) is 0.900. The van der Waals surface area contributed by atoms with E-state index in [9.17, 15) is 0 Å². The third-order valence-corrected chi connectivity index (χ3v) is 4.03. The molecule has 1 aromatic carbocycles. The van der Waals surface area contributed by atoms with Gasteiger partial charge in [-0.25, -0.2) is 9.97 Å². The van der Waals surface area contributed by atoms with Gasteiger partial charge in [0.15, 0.2) is 0 Å². The lowest BCUT2D eigenvalue weighted by molar-refractivity contribution is 0.738. The van der Waals surface area contributed by atoms with E-state index in [1.807, 2.05) is 24.6 Å². The number of hydrogen-bond donors (Lipinski definition) is 0. The summed E-state index contributed by atoms with van der Waals surface area (Å²) in [7, 11) is 0. The van der Waals surface area contributed by atoms with Gasteiger partial charge in [-0.2, -0.15) is 0 Å². The maximum atomic E-state index is 6.26. The van der Waals surface area contributed by atoms with E-state index >= 15 is 0 Å². The van der Waals surface area contributed by atoms with E-state index in [-0.39, 0.29) is 5.38 Å². The molecule has 98 valence electrons. The maximum absolute atomic E-state index is 6.26. The lowest BCUT2D eigenvalue weighted by Gasteiger charge is -2.08. The van der Waals surface area contributed by atoms with Crippen molar-refractivity contribution in [3.8, 4) is 0 Å². The number of benzene rings is 1. The van der Waals surface area contributed by atoms with E-state index < -0.39 is 0 Å². The van der Waals surface area contributed by atoms with Gasteiger partial charge in [-0.3, -0.25) is 0 Å². The normalized spacial score (nSPS) is 13.0. The van der Waals surface area contributed by atoms with Gasteiger partial charge in [-0.15, -0.1) is 22.9 Å². The molecule has 1 atom stereocenters. The Hall–Kier alpha value is -1.39. The highest BCUT2D eigenvalue weighted by atomic mass is 35.5. The van der Waals surface area contributed by atoms with Crippen LogP contribution in [0.1, 0.15) is 28.7 Å². The third kappa shape index (κ3) is 2.38. The molecule has 3 aromatic rings. The Bertz CT molecular complexity index is 701. The van der Waals surface area contributed by atoms with Gasteiger partial charge < -0.3 is 4.57 Å². The second-order valence-corrected chi connectivity index (χ2v) is 6.22. The first kappa shape index (κ1) is 12.6. The van der Waals surface area contributed by atoms with E-state index in [4.69, 9.17) is 11.6 Å². The van der Waals surface area contributed by atoms with E-state index in [1.54, 1.807) is 11.3 Å². The van der Waals surface area contributed by atoms with Crippen LogP contribution in [0.2, 0.25) is 0 Å². The highest BCUT2D eigenvalue weighted by Gasteiger charge is 2.15. The van der Waals surface area contributed by atoms with E-state index in [0.717, 1.165) is 28.4 Å². The minimum Gasteiger partial charge on any atom is -0.320 e. The monoisotopic (exact) mass is 291 g/mol. The Morgan fingerprint density at radius 3 is 2.95 bits per heavy atom. The fourth-order valence-electron chi connectivity index (χ4n) is 2.19. The van der Waals surface area contributed by atoms with Crippen molar-refractivity contribution in [1.29, 1.82) is 0 Å². The van der Waals surface area contributed by atoms with Crippen LogP contribution in [-0.2, 0) is 6.54 Å². The highest BCUT2D eigenvalue weighted by Crippen LogP contribution is 2.26. The van der Waals surface area contributed by atoms with Crippen LogP contribution in [0.5, 0.6) is 0 Å². The fourth-order valence-corrected chi connectivity index (χ4v) is 2.96. The van der Waals surface area contributed by atoms with Crippen LogP contribution in [-0.4, -0.2) is 14.5 Å². The number of nitrogens with zero attached hydrogens (tertiary/aromatic N) is 3. The standard InChI is InChI=1S/C14H14ClN3S/c1-9-3-4-11-12(7-9)18(14(17-11)10(2)15)8-13-16-5-6-19-13/h3-7,10H,8H2,1-2H3. The van der Waals surface area contributed by atoms with Gasteiger partial charge >= 0.3 is 0 Å². The van der Waals surface area contributed by atoms with Crippen LogP contribution < -0.4 is 0 Å². The molecule has 2 aromatic heterocycles. The lowest BCUT2D eigenvalue weighted by Crippen LogP contribution is -2.05. The van der Waals surface area contributed by atoms with Crippen molar-refractivity contribution in [3.05, 3.63) is 46.2 Å². The zero-order valence-electron chi connectivity index (χ0n) is 10.8. The molecule has 0 bridgehead atoms. The summed E-state index contributed by atoms with van der Waals surface area (Å²) in [6.45, 7) is 4.77. The molecule has 3 nitrogen and oxygen atoms in total. The summed E-state index contributed by atoms with van der Waals surface area (Å²) in [6.07, 6.45) is 1.83. The Balaban J connectivity index is 2.18.